The topological polar surface area (TPSA) is 66.0 Å². The Balaban J connectivity index is 0.00000312. The molecular formula is C18H29IN4O2. The third-order valence-corrected chi connectivity index (χ3v) is 4.06. The molecule has 25 heavy (non-hydrogen) atoms. The van der Waals surface area contributed by atoms with E-state index in [1.807, 2.05) is 30.0 Å². The molecule has 140 valence electrons. The van der Waals surface area contributed by atoms with Crippen LogP contribution >= 0.6 is 24.0 Å². The highest BCUT2D eigenvalue weighted by atomic mass is 127. The lowest BCUT2D eigenvalue weighted by molar-refractivity contribution is -0.129. The van der Waals surface area contributed by atoms with Crippen LogP contribution in [-0.4, -0.2) is 56.1 Å². The predicted molar refractivity (Wildman–Crippen MR) is 111 cm³/mol. The molecule has 1 unspecified atom stereocenters. The van der Waals surface area contributed by atoms with Gasteiger partial charge in [0.25, 0.3) is 0 Å². The lowest BCUT2D eigenvalue weighted by Crippen LogP contribution is -2.45. The van der Waals surface area contributed by atoms with E-state index in [4.69, 9.17) is 4.74 Å². The Morgan fingerprint density at radius 2 is 2.12 bits per heavy atom. The van der Waals surface area contributed by atoms with Crippen molar-refractivity contribution in [1.29, 1.82) is 0 Å². The van der Waals surface area contributed by atoms with Gasteiger partial charge < -0.3 is 20.3 Å². The molecule has 1 heterocycles. The number of rotatable bonds is 7. The van der Waals surface area contributed by atoms with E-state index in [1.54, 1.807) is 7.05 Å². The molecule has 1 aliphatic heterocycles. The number of hydrogen-bond donors (Lipinski definition) is 2. The quantitative estimate of drug-likeness (QED) is 0.283. The minimum atomic E-state index is 0. The number of nitrogens with one attached hydrogen (secondary N) is 2. The maximum atomic E-state index is 11.7. The van der Waals surface area contributed by atoms with Crippen molar-refractivity contribution < 1.29 is 9.53 Å². The molecule has 7 heteroatoms. The summed E-state index contributed by atoms with van der Waals surface area (Å²) < 4.78 is 5.65. The summed E-state index contributed by atoms with van der Waals surface area (Å²) in [5, 5.41) is 6.62. The van der Waals surface area contributed by atoms with Crippen LogP contribution in [-0.2, 0) is 16.1 Å². The molecule has 2 N–H and O–H groups in total. The first-order chi connectivity index (χ1) is 11.7. The van der Waals surface area contributed by atoms with Crippen molar-refractivity contribution in [2.24, 2.45) is 4.99 Å². The largest absolute Gasteiger partial charge is 0.375 e. The Morgan fingerprint density at radius 1 is 1.36 bits per heavy atom. The second-order valence-electron chi connectivity index (χ2n) is 5.86. The number of nitrogens with zero attached hydrogens (tertiary/aromatic N) is 2. The lowest BCUT2D eigenvalue weighted by Gasteiger charge is -2.18. The van der Waals surface area contributed by atoms with Crippen molar-refractivity contribution >= 4 is 35.8 Å². The summed E-state index contributed by atoms with van der Waals surface area (Å²) >= 11 is 0. The zero-order valence-corrected chi connectivity index (χ0v) is 17.4. The molecule has 1 atom stereocenters. The summed E-state index contributed by atoms with van der Waals surface area (Å²) in [6.07, 6.45) is 1.52. The van der Waals surface area contributed by atoms with E-state index >= 15 is 0 Å². The van der Waals surface area contributed by atoms with Gasteiger partial charge in [-0.3, -0.25) is 9.79 Å². The average Bonchev–Trinajstić information content (AvgIpc) is 3.09. The minimum Gasteiger partial charge on any atom is -0.375 e. The molecule has 0 radical (unpaired) electrons. The van der Waals surface area contributed by atoms with Crippen molar-refractivity contribution in [2.45, 2.75) is 32.4 Å². The van der Waals surface area contributed by atoms with Gasteiger partial charge in [-0.2, -0.15) is 0 Å². The fourth-order valence-corrected chi connectivity index (χ4v) is 2.72. The summed E-state index contributed by atoms with van der Waals surface area (Å²) in [4.78, 5) is 17.9. The Hall–Kier alpha value is -1.35. The number of halogens is 1. The van der Waals surface area contributed by atoms with E-state index < -0.39 is 0 Å². The van der Waals surface area contributed by atoms with Gasteiger partial charge in [0.2, 0.25) is 5.91 Å². The van der Waals surface area contributed by atoms with Crippen molar-refractivity contribution in [1.82, 2.24) is 15.5 Å². The van der Waals surface area contributed by atoms with Crippen molar-refractivity contribution in [3.63, 3.8) is 0 Å². The smallest absolute Gasteiger partial charge is 0.222 e. The summed E-state index contributed by atoms with van der Waals surface area (Å²) in [6.45, 7) is 5.39. The van der Waals surface area contributed by atoms with Crippen LogP contribution in [0.2, 0.25) is 0 Å². The number of benzene rings is 1. The number of hydrogen-bond acceptors (Lipinski definition) is 3. The summed E-state index contributed by atoms with van der Waals surface area (Å²) in [5.74, 6) is 0.977. The number of carbonyl (C=O) groups excluding carboxylic acids is 1. The van der Waals surface area contributed by atoms with Gasteiger partial charge in [-0.15, -0.1) is 24.0 Å². The predicted octanol–water partition coefficient (Wildman–Crippen LogP) is 2.00. The minimum absolute atomic E-state index is 0. The zero-order valence-electron chi connectivity index (χ0n) is 15.0. The highest BCUT2D eigenvalue weighted by molar-refractivity contribution is 14.0. The van der Waals surface area contributed by atoms with Gasteiger partial charge in [0.1, 0.15) is 0 Å². The van der Waals surface area contributed by atoms with Gasteiger partial charge in [-0.05, 0) is 12.0 Å². The normalized spacial score (nSPS) is 17.1. The molecule has 0 aromatic heterocycles. The van der Waals surface area contributed by atoms with Crippen LogP contribution in [0.4, 0.5) is 0 Å². The molecular weight excluding hydrogens is 431 g/mol. The molecule has 1 aromatic rings. The van der Waals surface area contributed by atoms with Crippen molar-refractivity contribution in [2.75, 3.05) is 33.3 Å². The first kappa shape index (κ1) is 21.7. The van der Waals surface area contributed by atoms with Crippen LogP contribution in [0.5, 0.6) is 0 Å². The fraction of sp³-hybridized carbons (Fsp3) is 0.556. The van der Waals surface area contributed by atoms with E-state index in [0.717, 1.165) is 25.5 Å². The number of aliphatic imine (C=N–C) groups is 1. The molecule has 0 aliphatic carbocycles. The maximum absolute atomic E-state index is 11.7. The van der Waals surface area contributed by atoms with E-state index in [9.17, 15) is 4.79 Å². The second kappa shape index (κ2) is 12.1. The third kappa shape index (κ3) is 7.60. The molecule has 6 nitrogen and oxygen atoms in total. The zero-order chi connectivity index (χ0) is 17.2. The maximum Gasteiger partial charge on any atom is 0.222 e. The Kier molecular flexibility index (Phi) is 10.5. The summed E-state index contributed by atoms with van der Waals surface area (Å²) in [7, 11) is 1.75. The van der Waals surface area contributed by atoms with Gasteiger partial charge in [0, 0.05) is 39.1 Å². The monoisotopic (exact) mass is 460 g/mol. The van der Waals surface area contributed by atoms with Gasteiger partial charge >= 0.3 is 0 Å². The molecule has 0 spiro atoms. The first-order valence-corrected chi connectivity index (χ1v) is 8.59. The number of guanidine groups is 1. The number of amides is 1. The van der Waals surface area contributed by atoms with Crippen LogP contribution in [0.15, 0.2) is 35.3 Å². The summed E-state index contributed by atoms with van der Waals surface area (Å²) in [5.41, 5.74) is 1.17. The van der Waals surface area contributed by atoms with Gasteiger partial charge in [-0.25, -0.2) is 0 Å². The first-order valence-electron chi connectivity index (χ1n) is 8.59. The number of likely N-dealkylation sites (tertiary alicyclic amines) is 1. The van der Waals surface area contributed by atoms with Crippen LogP contribution in [0.1, 0.15) is 25.3 Å². The Labute approximate surface area is 167 Å². The van der Waals surface area contributed by atoms with E-state index in [-0.39, 0.29) is 35.9 Å². The molecule has 0 bridgehead atoms. The molecule has 2 rings (SSSR count). The van der Waals surface area contributed by atoms with Crippen molar-refractivity contribution in [3.8, 4) is 0 Å². The van der Waals surface area contributed by atoms with Crippen LogP contribution in [0, 0.1) is 0 Å². The number of carbonyl (C=O) groups is 1. The van der Waals surface area contributed by atoms with Crippen LogP contribution in [0.3, 0.4) is 0 Å². The van der Waals surface area contributed by atoms with Gasteiger partial charge in [0.05, 0.1) is 13.2 Å². The van der Waals surface area contributed by atoms with Crippen molar-refractivity contribution in [3.05, 3.63) is 35.9 Å². The van der Waals surface area contributed by atoms with E-state index in [0.29, 0.717) is 26.2 Å². The highest BCUT2D eigenvalue weighted by Crippen LogP contribution is 2.10. The third-order valence-electron chi connectivity index (χ3n) is 4.06. The van der Waals surface area contributed by atoms with Crippen LogP contribution < -0.4 is 10.6 Å². The number of ether oxygens (including phenoxy) is 1. The van der Waals surface area contributed by atoms with Gasteiger partial charge in [0.15, 0.2) is 5.96 Å². The van der Waals surface area contributed by atoms with Gasteiger partial charge in [-0.1, -0.05) is 37.3 Å². The fourth-order valence-electron chi connectivity index (χ4n) is 2.72. The molecule has 1 amide bonds. The Bertz CT molecular complexity index is 539. The van der Waals surface area contributed by atoms with Crippen LogP contribution in [0.25, 0.3) is 0 Å². The highest BCUT2D eigenvalue weighted by Gasteiger charge is 2.25. The standard InChI is InChI=1S/C18H28N4O2.HI/c1-3-17(23)22-11-9-16(13-22)21-18(19-2)20-10-12-24-14-15-7-5-4-6-8-15;/h4-8,16H,3,9-14H2,1-2H3,(H2,19,20,21);1H. The molecule has 1 fully saturated rings. The lowest BCUT2D eigenvalue weighted by atomic mass is 10.2. The summed E-state index contributed by atoms with van der Waals surface area (Å²) in [6, 6.07) is 10.4. The van der Waals surface area contributed by atoms with E-state index in [2.05, 4.69) is 27.8 Å². The Morgan fingerprint density at radius 3 is 2.80 bits per heavy atom. The molecule has 1 saturated heterocycles. The van der Waals surface area contributed by atoms with E-state index in [1.165, 1.54) is 5.56 Å². The molecule has 1 aliphatic rings. The average molecular weight is 460 g/mol. The molecule has 0 saturated carbocycles. The second-order valence-corrected chi connectivity index (χ2v) is 5.86. The molecule has 1 aromatic carbocycles. The SMILES string of the molecule is CCC(=O)N1CCC(NC(=NC)NCCOCc2ccccc2)C1.I.